The molecule has 0 saturated carbocycles. The number of allylic oxidation sites excluding steroid dienone is 3. The Morgan fingerprint density at radius 2 is 2.38 bits per heavy atom. The summed E-state index contributed by atoms with van der Waals surface area (Å²) in [5, 5.41) is 10.8. The highest BCUT2D eigenvalue weighted by atomic mass is 32.1. The van der Waals surface area contributed by atoms with Gasteiger partial charge in [0.2, 0.25) is 0 Å². The predicted molar refractivity (Wildman–Crippen MR) is 86.8 cm³/mol. The average Bonchev–Trinajstić information content (AvgIpc) is 2.98. The third-order valence-corrected chi connectivity index (χ3v) is 4.24. The number of carboxylic acid groups (broad SMARTS) is 1. The Labute approximate surface area is 129 Å². The van der Waals surface area contributed by atoms with Gasteiger partial charge in [0.05, 0.1) is 11.9 Å². The normalized spacial score (nSPS) is 16.2. The van der Waals surface area contributed by atoms with Gasteiger partial charge in [0, 0.05) is 24.9 Å². The molecule has 4 nitrogen and oxygen atoms in total. The van der Waals surface area contributed by atoms with Crippen LogP contribution < -0.4 is 4.90 Å². The van der Waals surface area contributed by atoms with Crippen LogP contribution in [-0.4, -0.2) is 28.5 Å². The molecule has 1 N–H and O–H groups in total. The van der Waals surface area contributed by atoms with Crippen LogP contribution in [0.25, 0.3) is 0 Å². The second kappa shape index (κ2) is 7.22. The third-order valence-electron chi connectivity index (χ3n) is 3.66. The van der Waals surface area contributed by atoms with Crippen LogP contribution >= 0.6 is 11.5 Å². The number of aromatic nitrogens is 1. The molecule has 1 aliphatic heterocycles. The van der Waals surface area contributed by atoms with Crippen molar-refractivity contribution in [1.82, 2.24) is 4.37 Å². The Hall–Kier alpha value is -1.88. The van der Waals surface area contributed by atoms with Crippen molar-refractivity contribution in [2.24, 2.45) is 0 Å². The molecule has 0 bridgehead atoms. The maximum atomic E-state index is 10.7. The highest BCUT2D eigenvalue weighted by Crippen LogP contribution is 2.26. The lowest BCUT2D eigenvalue weighted by Gasteiger charge is -2.29. The molecule has 0 aliphatic carbocycles. The molecule has 0 saturated heterocycles. The molecule has 0 fully saturated rings. The molecule has 0 spiro atoms. The lowest BCUT2D eigenvalue weighted by atomic mass is 9.97. The van der Waals surface area contributed by atoms with E-state index in [1.54, 1.807) is 6.08 Å². The molecule has 1 aromatic heterocycles. The first kappa shape index (κ1) is 15.5. The van der Waals surface area contributed by atoms with Crippen LogP contribution in [0.5, 0.6) is 0 Å². The van der Waals surface area contributed by atoms with Crippen molar-refractivity contribution in [3.63, 3.8) is 0 Å². The summed E-state index contributed by atoms with van der Waals surface area (Å²) >= 11 is 1.47. The first-order chi connectivity index (χ1) is 10.1. The van der Waals surface area contributed by atoms with E-state index in [9.17, 15) is 4.79 Å². The highest BCUT2D eigenvalue weighted by Gasteiger charge is 2.16. The average molecular weight is 304 g/mol. The maximum Gasteiger partial charge on any atom is 0.303 e. The highest BCUT2D eigenvalue weighted by molar-refractivity contribution is 7.04. The molecule has 112 valence electrons. The molecular formula is C16H20N2O2S. The second-order valence-corrected chi connectivity index (χ2v) is 5.83. The summed E-state index contributed by atoms with van der Waals surface area (Å²) in [7, 11) is 0. The van der Waals surface area contributed by atoms with Gasteiger partial charge >= 0.3 is 5.97 Å². The zero-order chi connectivity index (χ0) is 15.2. The number of carbonyl (C=O) groups is 1. The third kappa shape index (κ3) is 4.29. The Balaban J connectivity index is 2.07. The van der Waals surface area contributed by atoms with Crippen LogP contribution in [-0.2, 0) is 4.79 Å². The van der Waals surface area contributed by atoms with E-state index in [1.165, 1.54) is 28.4 Å². The van der Waals surface area contributed by atoms with Gasteiger partial charge in [-0.05, 0) is 42.4 Å². The predicted octanol–water partition coefficient (Wildman–Crippen LogP) is 3.65. The van der Waals surface area contributed by atoms with Gasteiger partial charge < -0.3 is 10.0 Å². The fourth-order valence-electron chi connectivity index (χ4n) is 2.42. The van der Waals surface area contributed by atoms with Gasteiger partial charge in [0.25, 0.3) is 0 Å². The van der Waals surface area contributed by atoms with Gasteiger partial charge in [0.1, 0.15) is 0 Å². The van der Waals surface area contributed by atoms with Crippen molar-refractivity contribution >= 4 is 23.2 Å². The van der Waals surface area contributed by atoms with Crippen molar-refractivity contribution < 1.29 is 9.90 Å². The molecule has 0 radical (unpaired) electrons. The molecule has 0 amide bonds. The summed E-state index contributed by atoms with van der Waals surface area (Å²) in [5.74, 6) is -0.770. The van der Waals surface area contributed by atoms with E-state index < -0.39 is 5.97 Å². The van der Waals surface area contributed by atoms with E-state index in [1.807, 2.05) is 6.20 Å². The number of nitrogens with zero attached hydrogens (tertiary/aromatic N) is 2. The van der Waals surface area contributed by atoms with E-state index >= 15 is 0 Å². The molecule has 0 unspecified atom stereocenters. The van der Waals surface area contributed by atoms with Gasteiger partial charge in [-0.3, -0.25) is 4.79 Å². The zero-order valence-electron chi connectivity index (χ0n) is 12.2. The summed E-state index contributed by atoms with van der Waals surface area (Å²) in [5.41, 5.74) is 4.80. The first-order valence-electron chi connectivity index (χ1n) is 6.98. The van der Waals surface area contributed by atoms with Crippen molar-refractivity contribution in [3.05, 3.63) is 47.0 Å². The molecule has 0 atom stereocenters. The van der Waals surface area contributed by atoms with Gasteiger partial charge in [0.15, 0.2) is 0 Å². The number of anilines is 1. The molecule has 0 aromatic carbocycles. The molecular weight excluding hydrogens is 284 g/mol. The zero-order valence-corrected chi connectivity index (χ0v) is 13.0. The van der Waals surface area contributed by atoms with Crippen LogP contribution in [0.1, 0.15) is 26.2 Å². The lowest BCUT2D eigenvalue weighted by molar-refractivity contribution is -0.136. The van der Waals surface area contributed by atoms with E-state index in [4.69, 9.17) is 5.11 Å². The summed E-state index contributed by atoms with van der Waals surface area (Å²) < 4.78 is 4.15. The SMILES string of the molecule is C=C/C(=C\C1=C(C)CN(c2cnsc2)CC1)CCC(=O)O. The number of hydrogen-bond acceptors (Lipinski definition) is 4. The van der Waals surface area contributed by atoms with Crippen LogP contribution in [0.3, 0.4) is 0 Å². The van der Waals surface area contributed by atoms with Gasteiger partial charge in [-0.15, -0.1) is 0 Å². The second-order valence-electron chi connectivity index (χ2n) is 5.18. The standard InChI is InChI=1S/C16H20N2O2S/c1-3-13(4-5-16(19)20)8-14-6-7-18(10-12(14)2)15-9-17-21-11-15/h3,8-9,11H,1,4-7,10H2,2H3,(H,19,20)/b13-8+. The molecule has 1 aromatic rings. The Kier molecular flexibility index (Phi) is 5.33. The lowest BCUT2D eigenvalue weighted by Crippen LogP contribution is -2.30. The van der Waals surface area contributed by atoms with Gasteiger partial charge in [-0.2, -0.15) is 4.37 Å². The maximum absolute atomic E-state index is 10.7. The monoisotopic (exact) mass is 304 g/mol. The van der Waals surface area contributed by atoms with Crippen LogP contribution in [0, 0.1) is 0 Å². The van der Waals surface area contributed by atoms with Crippen molar-refractivity contribution in [1.29, 1.82) is 0 Å². The van der Waals surface area contributed by atoms with Gasteiger partial charge in [-0.1, -0.05) is 24.3 Å². The van der Waals surface area contributed by atoms with E-state index in [-0.39, 0.29) is 6.42 Å². The van der Waals surface area contributed by atoms with Crippen LogP contribution in [0.4, 0.5) is 5.69 Å². The number of hydrogen-bond donors (Lipinski definition) is 1. The van der Waals surface area contributed by atoms with E-state index in [2.05, 4.69) is 34.2 Å². The largest absolute Gasteiger partial charge is 0.481 e. The van der Waals surface area contributed by atoms with Crippen LogP contribution in [0.2, 0.25) is 0 Å². The molecule has 1 aliphatic rings. The molecule has 2 rings (SSSR count). The van der Waals surface area contributed by atoms with Crippen molar-refractivity contribution in [3.8, 4) is 0 Å². The fourth-order valence-corrected chi connectivity index (χ4v) is 2.96. The van der Waals surface area contributed by atoms with Crippen LogP contribution in [0.15, 0.2) is 47.0 Å². The van der Waals surface area contributed by atoms with E-state index in [0.717, 1.165) is 25.1 Å². The minimum Gasteiger partial charge on any atom is -0.481 e. The molecule has 21 heavy (non-hydrogen) atoms. The Morgan fingerprint density at radius 1 is 1.57 bits per heavy atom. The summed E-state index contributed by atoms with van der Waals surface area (Å²) in [4.78, 5) is 13.0. The Bertz CT molecular complexity index is 573. The topological polar surface area (TPSA) is 53.4 Å². The minimum absolute atomic E-state index is 0.150. The summed E-state index contributed by atoms with van der Waals surface area (Å²) in [6.07, 6.45) is 7.42. The molecule has 2 heterocycles. The van der Waals surface area contributed by atoms with E-state index in [0.29, 0.717) is 6.42 Å². The number of rotatable bonds is 6. The smallest absolute Gasteiger partial charge is 0.303 e. The minimum atomic E-state index is -0.770. The van der Waals surface area contributed by atoms with Crippen molar-refractivity contribution in [2.45, 2.75) is 26.2 Å². The number of carboxylic acids is 1. The molecule has 5 heteroatoms. The quantitative estimate of drug-likeness (QED) is 0.815. The fraction of sp³-hybridized carbons (Fsp3) is 0.375. The first-order valence-corrected chi connectivity index (χ1v) is 7.81. The van der Waals surface area contributed by atoms with Crippen molar-refractivity contribution in [2.75, 3.05) is 18.0 Å². The number of aliphatic carboxylic acids is 1. The Morgan fingerprint density at radius 3 is 2.95 bits per heavy atom. The van der Waals surface area contributed by atoms with Gasteiger partial charge in [-0.25, -0.2) is 0 Å². The summed E-state index contributed by atoms with van der Waals surface area (Å²) in [6.45, 7) is 7.78. The summed E-state index contributed by atoms with van der Waals surface area (Å²) in [6, 6.07) is 0.